The van der Waals surface area contributed by atoms with Gasteiger partial charge in [0, 0.05) is 29.2 Å². The number of hydrogen-bond acceptors (Lipinski definition) is 3. The number of nitrogens with two attached hydrogens (primary N) is 1. The summed E-state index contributed by atoms with van der Waals surface area (Å²) < 4.78 is 17.1. The fourth-order valence-electron chi connectivity index (χ4n) is 1.41. The van der Waals surface area contributed by atoms with Crippen molar-refractivity contribution in [2.75, 3.05) is 13.2 Å². The Morgan fingerprint density at radius 2 is 2.42 bits per heavy atom. The Balaban J connectivity index is 2.51. The highest BCUT2D eigenvalue weighted by atomic mass is 32.2. The molecule has 4 atom stereocenters. The Morgan fingerprint density at radius 3 is 2.83 bits per heavy atom. The normalized spacial score (nSPS) is 34.9. The van der Waals surface area contributed by atoms with E-state index in [1.54, 1.807) is 0 Å². The average Bonchev–Trinajstić information content (AvgIpc) is 2.48. The van der Waals surface area contributed by atoms with Crippen LogP contribution in [0.5, 0.6) is 0 Å². The number of hydrogen-bond donors (Lipinski definition) is 1. The van der Waals surface area contributed by atoms with Crippen molar-refractivity contribution < 1.29 is 8.95 Å². The third-order valence-corrected chi connectivity index (χ3v) is 4.53. The van der Waals surface area contributed by atoms with Gasteiger partial charge in [-0.3, -0.25) is 4.21 Å². The van der Waals surface area contributed by atoms with Crippen LogP contribution in [0.25, 0.3) is 0 Å². The van der Waals surface area contributed by atoms with E-state index in [2.05, 4.69) is 0 Å². The predicted molar refractivity (Wildman–Crippen MR) is 50.5 cm³/mol. The Hall–Kier alpha value is 0.0700. The lowest BCUT2D eigenvalue weighted by molar-refractivity contribution is 0.126. The molecule has 72 valence electrons. The van der Waals surface area contributed by atoms with Gasteiger partial charge in [-0.1, -0.05) is 0 Å². The average molecular weight is 191 g/mol. The Labute approximate surface area is 76.1 Å². The topological polar surface area (TPSA) is 52.3 Å². The second kappa shape index (κ2) is 4.35. The molecule has 1 saturated heterocycles. The summed E-state index contributed by atoms with van der Waals surface area (Å²) in [6.07, 6.45) is 1.05. The summed E-state index contributed by atoms with van der Waals surface area (Å²) in [4.78, 5) is 0. The fourth-order valence-corrected chi connectivity index (χ4v) is 2.98. The summed E-state index contributed by atoms with van der Waals surface area (Å²) in [5.41, 5.74) is 5.45. The lowest BCUT2D eigenvalue weighted by Crippen LogP contribution is -2.33. The molecule has 1 aliphatic heterocycles. The minimum absolute atomic E-state index is 0.0964. The minimum Gasteiger partial charge on any atom is -0.377 e. The summed E-state index contributed by atoms with van der Waals surface area (Å²) in [6, 6.07) is 0. The zero-order valence-electron chi connectivity index (χ0n) is 7.66. The molecule has 4 heteroatoms. The third kappa shape index (κ3) is 2.06. The Kier molecular flexibility index (Phi) is 3.68. The Morgan fingerprint density at radius 1 is 1.75 bits per heavy atom. The van der Waals surface area contributed by atoms with Crippen LogP contribution in [0.2, 0.25) is 0 Å². The highest BCUT2D eigenvalue weighted by molar-refractivity contribution is 7.86. The molecule has 2 N–H and O–H groups in total. The molecule has 0 aliphatic carbocycles. The largest absolute Gasteiger partial charge is 0.377 e. The molecule has 0 radical (unpaired) electrons. The lowest BCUT2D eigenvalue weighted by atomic mass is 10.3. The van der Waals surface area contributed by atoms with Crippen molar-refractivity contribution in [3.63, 3.8) is 0 Å². The van der Waals surface area contributed by atoms with Gasteiger partial charge in [0.25, 0.3) is 0 Å². The molecule has 1 heterocycles. The molecule has 0 aromatic carbocycles. The van der Waals surface area contributed by atoms with E-state index in [-0.39, 0.29) is 16.6 Å². The lowest BCUT2D eigenvalue weighted by Gasteiger charge is -2.17. The van der Waals surface area contributed by atoms with E-state index in [0.29, 0.717) is 6.54 Å². The van der Waals surface area contributed by atoms with Gasteiger partial charge < -0.3 is 10.5 Å². The van der Waals surface area contributed by atoms with Gasteiger partial charge in [0.2, 0.25) is 0 Å². The quantitative estimate of drug-likeness (QED) is 0.696. The predicted octanol–water partition coefficient (Wildman–Crippen LogP) is 0.260. The smallest absolute Gasteiger partial charge is 0.0691 e. The zero-order chi connectivity index (χ0) is 9.14. The highest BCUT2D eigenvalue weighted by Crippen LogP contribution is 2.20. The van der Waals surface area contributed by atoms with E-state index in [1.165, 1.54) is 0 Å². The maximum atomic E-state index is 11.7. The van der Waals surface area contributed by atoms with Gasteiger partial charge >= 0.3 is 0 Å². The first-order chi connectivity index (χ1) is 5.66. The van der Waals surface area contributed by atoms with Crippen LogP contribution in [0.3, 0.4) is 0 Å². The van der Waals surface area contributed by atoms with Crippen molar-refractivity contribution in [1.29, 1.82) is 0 Å². The first-order valence-electron chi connectivity index (χ1n) is 4.38. The maximum Gasteiger partial charge on any atom is 0.0691 e. The molecular weight excluding hydrogens is 174 g/mol. The first-order valence-corrected chi connectivity index (χ1v) is 5.65. The van der Waals surface area contributed by atoms with Gasteiger partial charge in [0.15, 0.2) is 0 Å². The van der Waals surface area contributed by atoms with Crippen LogP contribution in [0.1, 0.15) is 20.3 Å². The van der Waals surface area contributed by atoms with Gasteiger partial charge in [-0.2, -0.15) is 0 Å². The molecule has 4 unspecified atom stereocenters. The van der Waals surface area contributed by atoms with Crippen LogP contribution in [-0.2, 0) is 15.5 Å². The van der Waals surface area contributed by atoms with Crippen molar-refractivity contribution in [2.45, 2.75) is 36.9 Å². The molecule has 12 heavy (non-hydrogen) atoms. The van der Waals surface area contributed by atoms with Crippen LogP contribution in [0.4, 0.5) is 0 Å². The van der Waals surface area contributed by atoms with E-state index in [0.717, 1.165) is 13.0 Å². The summed E-state index contributed by atoms with van der Waals surface area (Å²) in [5.74, 6) is 0. The van der Waals surface area contributed by atoms with E-state index in [9.17, 15) is 4.21 Å². The summed E-state index contributed by atoms with van der Waals surface area (Å²) >= 11 is 0. The van der Waals surface area contributed by atoms with Crippen LogP contribution in [0.15, 0.2) is 0 Å². The molecule has 0 aromatic heterocycles. The second-order valence-corrected chi connectivity index (χ2v) is 5.35. The van der Waals surface area contributed by atoms with Gasteiger partial charge in [-0.25, -0.2) is 0 Å². The second-order valence-electron chi connectivity index (χ2n) is 3.28. The Bertz CT molecular complexity index is 174. The van der Waals surface area contributed by atoms with Crippen molar-refractivity contribution in [3.05, 3.63) is 0 Å². The monoisotopic (exact) mass is 191 g/mol. The maximum absolute atomic E-state index is 11.7. The standard InChI is InChI=1S/C8H17NO2S/c1-6(5-9)12(10)8-3-4-11-7(8)2/h6-8H,3-5,9H2,1-2H3. The van der Waals surface area contributed by atoms with Crippen LogP contribution in [0, 0.1) is 0 Å². The minimum atomic E-state index is -0.820. The SMILES string of the molecule is CC1OCCC1S(=O)C(C)CN. The van der Waals surface area contributed by atoms with Crippen LogP contribution in [-0.4, -0.2) is 34.0 Å². The molecule has 3 nitrogen and oxygen atoms in total. The van der Waals surface area contributed by atoms with Gasteiger partial charge in [-0.15, -0.1) is 0 Å². The molecule has 0 aromatic rings. The molecule has 0 amide bonds. The van der Waals surface area contributed by atoms with E-state index in [1.807, 2.05) is 13.8 Å². The summed E-state index contributed by atoms with van der Waals surface area (Å²) in [5, 5.41) is 0.294. The van der Waals surface area contributed by atoms with E-state index < -0.39 is 10.8 Å². The first kappa shape index (κ1) is 10.2. The molecule has 1 fully saturated rings. The summed E-state index contributed by atoms with van der Waals surface area (Å²) in [7, 11) is -0.820. The molecule has 0 spiro atoms. The number of ether oxygens (including phenoxy) is 1. The van der Waals surface area contributed by atoms with Crippen molar-refractivity contribution in [1.82, 2.24) is 0 Å². The van der Waals surface area contributed by atoms with E-state index >= 15 is 0 Å². The van der Waals surface area contributed by atoms with Gasteiger partial charge in [-0.05, 0) is 20.3 Å². The van der Waals surface area contributed by atoms with Crippen LogP contribution < -0.4 is 5.73 Å². The van der Waals surface area contributed by atoms with Crippen molar-refractivity contribution in [3.8, 4) is 0 Å². The van der Waals surface area contributed by atoms with Crippen LogP contribution >= 0.6 is 0 Å². The third-order valence-electron chi connectivity index (χ3n) is 2.33. The van der Waals surface area contributed by atoms with Gasteiger partial charge in [0.1, 0.15) is 0 Å². The van der Waals surface area contributed by atoms with Crippen molar-refractivity contribution in [2.24, 2.45) is 5.73 Å². The fraction of sp³-hybridized carbons (Fsp3) is 1.00. The molecular formula is C8H17NO2S. The van der Waals surface area contributed by atoms with E-state index in [4.69, 9.17) is 10.5 Å². The molecule has 0 bridgehead atoms. The summed E-state index contributed by atoms with van der Waals surface area (Å²) in [6.45, 7) is 5.16. The zero-order valence-corrected chi connectivity index (χ0v) is 8.47. The van der Waals surface area contributed by atoms with Gasteiger partial charge in [0.05, 0.1) is 11.4 Å². The highest BCUT2D eigenvalue weighted by Gasteiger charge is 2.31. The van der Waals surface area contributed by atoms with Crippen molar-refractivity contribution >= 4 is 10.8 Å². The molecule has 1 rings (SSSR count). The molecule has 0 saturated carbocycles. The number of rotatable bonds is 3. The molecule has 1 aliphatic rings.